The number of amides is 1. The average molecular weight is 437 g/mol. The molecule has 1 amide bonds. The molecule has 28 heavy (non-hydrogen) atoms. The van der Waals surface area contributed by atoms with Gasteiger partial charge in [-0.2, -0.15) is 0 Å². The molecular formula is C20H18Cl2N2O3S. The van der Waals surface area contributed by atoms with E-state index in [4.69, 9.17) is 28.3 Å². The summed E-state index contributed by atoms with van der Waals surface area (Å²) in [5.74, 6) is -1.27. The van der Waals surface area contributed by atoms with Crippen LogP contribution in [0.25, 0.3) is 10.2 Å². The summed E-state index contributed by atoms with van der Waals surface area (Å²) in [6.07, 6.45) is 0.535. The molecule has 2 aromatic carbocycles. The lowest BCUT2D eigenvalue weighted by atomic mass is 10.1. The number of aryl methyl sites for hydroxylation is 1. The maximum Gasteiger partial charge on any atom is 0.303 e. The summed E-state index contributed by atoms with van der Waals surface area (Å²) in [6.45, 7) is 2.27. The Hall–Kier alpha value is -2.15. The molecule has 1 aromatic heterocycles. The first kappa shape index (κ1) is 20.6. The highest BCUT2D eigenvalue weighted by Gasteiger charge is 2.20. The largest absolute Gasteiger partial charge is 0.481 e. The second kappa shape index (κ2) is 8.90. The highest BCUT2D eigenvalue weighted by molar-refractivity contribution is 7.18. The summed E-state index contributed by atoms with van der Waals surface area (Å²) in [5, 5.41) is 10.4. The van der Waals surface area contributed by atoms with E-state index in [0.29, 0.717) is 20.6 Å². The number of hydrogen-bond acceptors (Lipinski definition) is 4. The number of carboxylic acids is 1. The van der Waals surface area contributed by atoms with Crippen LogP contribution in [0, 0.1) is 0 Å². The van der Waals surface area contributed by atoms with E-state index in [9.17, 15) is 9.59 Å². The van der Waals surface area contributed by atoms with Crippen molar-refractivity contribution in [3.8, 4) is 0 Å². The molecule has 0 saturated carbocycles. The first-order valence-corrected chi connectivity index (χ1v) is 10.3. The van der Waals surface area contributed by atoms with Gasteiger partial charge in [0.15, 0.2) is 0 Å². The maximum atomic E-state index is 12.8. The number of carbonyl (C=O) groups is 2. The van der Waals surface area contributed by atoms with Gasteiger partial charge in [-0.25, -0.2) is 4.98 Å². The molecule has 0 fully saturated rings. The van der Waals surface area contributed by atoms with Gasteiger partial charge in [-0.05, 0) is 36.2 Å². The van der Waals surface area contributed by atoms with E-state index in [1.54, 1.807) is 11.0 Å². The quantitative estimate of drug-likeness (QED) is 0.525. The van der Waals surface area contributed by atoms with Gasteiger partial charge in [0.25, 0.3) is 0 Å². The molecular weight excluding hydrogens is 419 g/mol. The van der Waals surface area contributed by atoms with Crippen LogP contribution in [0.3, 0.4) is 0 Å². The lowest BCUT2D eigenvalue weighted by Gasteiger charge is -2.22. The Labute approximate surface area is 176 Å². The van der Waals surface area contributed by atoms with E-state index in [1.807, 2.05) is 37.3 Å². The van der Waals surface area contributed by atoms with Gasteiger partial charge in [0.1, 0.15) is 10.5 Å². The van der Waals surface area contributed by atoms with Crippen LogP contribution in [0.15, 0.2) is 36.4 Å². The zero-order valence-corrected chi connectivity index (χ0v) is 17.4. The zero-order valence-electron chi connectivity index (χ0n) is 15.1. The Morgan fingerprint density at radius 1 is 1.18 bits per heavy atom. The monoisotopic (exact) mass is 436 g/mol. The molecule has 3 aromatic rings. The number of anilines is 1. The highest BCUT2D eigenvalue weighted by atomic mass is 35.5. The number of aliphatic carboxylic acids is 1. The molecule has 0 radical (unpaired) electrons. The predicted molar refractivity (Wildman–Crippen MR) is 114 cm³/mol. The fourth-order valence-corrected chi connectivity index (χ4v) is 4.18. The van der Waals surface area contributed by atoms with E-state index in [1.165, 1.54) is 11.3 Å². The molecule has 0 unspecified atom stereocenters. The van der Waals surface area contributed by atoms with Crippen molar-refractivity contribution in [1.29, 1.82) is 0 Å². The third-order valence-electron chi connectivity index (χ3n) is 4.27. The van der Waals surface area contributed by atoms with Gasteiger partial charge in [-0.3, -0.25) is 9.59 Å². The summed E-state index contributed by atoms with van der Waals surface area (Å²) in [7, 11) is 0. The van der Waals surface area contributed by atoms with Crippen LogP contribution in [0.2, 0.25) is 10.0 Å². The number of fused-ring (bicyclic) bond motifs is 1. The highest BCUT2D eigenvalue weighted by Crippen LogP contribution is 2.34. The van der Waals surface area contributed by atoms with Crippen molar-refractivity contribution >= 4 is 62.3 Å². The summed E-state index contributed by atoms with van der Waals surface area (Å²) in [4.78, 5) is 29.8. The second-order valence-corrected chi connectivity index (χ2v) is 8.11. The number of rotatable bonds is 7. The normalized spacial score (nSPS) is 11.0. The standard InChI is InChI=1S/C20H18Cl2N2O3S/c1-2-12-4-3-5-13(10-12)24(17(25)8-9-18(26)27)11-16-23-20-15(28-16)7-6-14(21)19(20)22/h3-7,10H,2,8-9,11H2,1H3,(H,26,27). The van der Waals surface area contributed by atoms with Gasteiger partial charge in [-0.15, -0.1) is 11.3 Å². The Kier molecular flexibility index (Phi) is 6.54. The SMILES string of the molecule is CCc1cccc(N(Cc2nc3c(Cl)c(Cl)ccc3s2)C(=O)CCC(=O)O)c1. The molecule has 0 atom stereocenters. The molecule has 0 bridgehead atoms. The number of nitrogens with zero attached hydrogens (tertiary/aromatic N) is 2. The van der Waals surface area contributed by atoms with Gasteiger partial charge in [0.05, 0.1) is 27.7 Å². The van der Waals surface area contributed by atoms with Gasteiger partial charge >= 0.3 is 5.97 Å². The summed E-state index contributed by atoms with van der Waals surface area (Å²) in [5.41, 5.74) is 2.42. The number of halogens is 2. The third kappa shape index (κ3) is 4.63. The molecule has 146 valence electrons. The number of aromatic nitrogens is 1. The zero-order chi connectivity index (χ0) is 20.3. The van der Waals surface area contributed by atoms with Crippen molar-refractivity contribution in [2.24, 2.45) is 0 Å². The van der Waals surface area contributed by atoms with Crippen molar-refractivity contribution < 1.29 is 14.7 Å². The van der Waals surface area contributed by atoms with E-state index >= 15 is 0 Å². The van der Waals surface area contributed by atoms with Crippen LogP contribution in [-0.2, 0) is 22.6 Å². The number of benzene rings is 2. The molecule has 0 spiro atoms. The van der Waals surface area contributed by atoms with Crippen LogP contribution in [0.4, 0.5) is 5.69 Å². The molecule has 3 rings (SSSR count). The third-order valence-corrected chi connectivity index (χ3v) is 6.07. The van der Waals surface area contributed by atoms with Crippen molar-refractivity contribution in [3.05, 3.63) is 57.0 Å². The molecule has 0 aliphatic carbocycles. The Bertz CT molecular complexity index is 1040. The van der Waals surface area contributed by atoms with Gasteiger partial charge in [0.2, 0.25) is 5.91 Å². The minimum atomic E-state index is -1.00. The number of hydrogen-bond donors (Lipinski definition) is 1. The van der Waals surface area contributed by atoms with Crippen molar-refractivity contribution in [1.82, 2.24) is 4.98 Å². The minimum absolute atomic E-state index is 0.0802. The molecule has 1 heterocycles. The number of carbonyl (C=O) groups excluding carboxylic acids is 1. The van der Waals surface area contributed by atoms with Crippen molar-refractivity contribution in [2.45, 2.75) is 32.7 Å². The predicted octanol–water partition coefficient (Wildman–Crippen LogP) is 5.56. The number of carboxylic acid groups (broad SMARTS) is 1. The average Bonchev–Trinajstić information content (AvgIpc) is 3.10. The van der Waals surface area contributed by atoms with E-state index in [0.717, 1.165) is 22.4 Å². The van der Waals surface area contributed by atoms with Gasteiger partial charge in [0, 0.05) is 12.1 Å². The fourth-order valence-electron chi connectivity index (χ4n) is 2.80. The number of thiazole rings is 1. The molecule has 1 N–H and O–H groups in total. The van der Waals surface area contributed by atoms with E-state index < -0.39 is 5.97 Å². The maximum absolute atomic E-state index is 12.8. The summed E-state index contributed by atoms with van der Waals surface area (Å²) >= 11 is 13.7. The van der Waals surface area contributed by atoms with Crippen LogP contribution >= 0.6 is 34.5 Å². The minimum Gasteiger partial charge on any atom is -0.481 e. The Balaban J connectivity index is 1.95. The Morgan fingerprint density at radius 2 is 1.96 bits per heavy atom. The molecule has 8 heteroatoms. The van der Waals surface area contributed by atoms with Crippen molar-refractivity contribution in [2.75, 3.05) is 4.90 Å². The first-order chi connectivity index (χ1) is 13.4. The van der Waals surface area contributed by atoms with Crippen LogP contribution < -0.4 is 4.90 Å². The van der Waals surface area contributed by atoms with E-state index in [2.05, 4.69) is 4.98 Å². The van der Waals surface area contributed by atoms with E-state index in [-0.39, 0.29) is 25.3 Å². The Morgan fingerprint density at radius 3 is 2.68 bits per heavy atom. The topological polar surface area (TPSA) is 70.5 Å². The smallest absolute Gasteiger partial charge is 0.303 e. The van der Waals surface area contributed by atoms with Gasteiger partial charge < -0.3 is 10.0 Å². The molecule has 0 aliphatic heterocycles. The van der Waals surface area contributed by atoms with Crippen LogP contribution in [0.1, 0.15) is 30.3 Å². The summed E-state index contributed by atoms with van der Waals surface area (Å²) < 4.78 is 0.879. The second-order valence-electron chi connectivity index (χ2n) is 6.21. The lowest BCUT2D eigenvalue weighted by molar-refractivity contribution is -0.138. The van der Waals surface area contributed by atoms with Crippen LogP contribution in [0.5, 0.6) is 0 Å². The van der Waals surface area contributed by atoms with Gasteiger partial charge in [-0.1, -0.05) is 42.3 Å². The van der Waals surface area contributed by atoms with Crippen molar-refractivity contribution in [3.63, 3.8) is 0 Å². The summed E-state index contributed by atoms with van der Waals surface area (Å²) in [6, 6.07) is 11.2. The fraction of sp³-hybridized carbons (Fsp3) is 0.250. The molecule has 0 aliphatic rings. The lowest BCUT2D eigenvalue weighted by Crippen LogP contribution is -2.30. The van der Waals surface area contributed by atoms with Crippen LogP contribution in [-0.4, -0.2) is 22.0 Å². The first-order valence-electron chi connectivity index (χ1n) is 8.73. The molecule has 0 saturated heterocycles. The molecule has 5 nitrogen and oxygen atoms in total.